The van der Waals surface area contributed by atoms with Gasteiger partial charge < -0.3 is 14.8 Å². The largest absolute Gasteiger partial charge is 0.493 e. The molecule has 0 radical (unpaired) electrons. The summed E-state index contributed by atoms with van der Waals surface area (Å²) in [7, 11) is 1.60. The van der Waals surface area contributed by atoms with Crippen LogP contribution in [-0.2, 0) is 4.79 Å². The number of carbonyl (C=O) groups is 1. The summed E-state index contributed by atoms with van der Waals surface area (Å²) >= 11 is 1.48. The van der Waals surface area contributed by atoms with Crippen LogP contribution < -0.4 is 14.8 Å². The van der Waals surface area contributed by atoms with Crippen molar-refractivity contribution < 1.29 is 14.3 Å². The van der Waals surface area contributed by atoms with Gasteiger partial charge in [0.2, 0.25) is 5.91 Å². The summed E-state index contributed by atoms with van der Waals surface area (Å²) in [4.78, 5) is 16.4. The number of ether oxygens (including phenoxy) is 2. The molecule has 0 saturated carbocycles. The van der Waals surface area contributed by atoms with Crippen molar-refractivity contribution >= 4 is 32.6 Å². The molecule has 6 heteroatoms. The smallest absolute Gasteiger partial charge is 0.226 e. The number of rotatable bonds is 7. The van der Waals surface area contributed by atoms with Crippen LogP contribution in [0.15, 0.2) is 48.5 Å². The molecule has 2 aromatic carbocycles. The minimum atomic E-state index is -0.0577. The molecule has 0 saturated heterocycles. The lowest BCUT2D eigenvalue weighted by Crippen LogP contribution is -2.12. The summed E-state index contributed by atoms with van der Waals surface area (Å²) in [6.45, 7) is 0.452. The molecule has 124 valence electrons. The number of nitrogens with one attached hydrogen (secondary N) is 1. The van der Waals surface area contributed by atoms with Crippen molar-refractivity contribution in [2.24, 2.45) is 0 Å². The minimum Gasteiger partial charge on any atom is -0.493 e. The highest BCUT2D eigenvalue weighted by atomic mass is 32.1. The van der Waals surface area contributed by atoms with Crippen LogP contribution in [0.5, 0.6) is 11.5 Å². The van der Waals surface area contributed by atoms with E-state index in [9.17, 15) is 4.79 Å². The van der Waals surface area contributed by atoms with Crippen LogP contribution in [0.4, 0.5) is 5.13 Å². The summed E-state index contributed by atoms with van der Waals surface area (Å²) in [6, 6.07) is 15.3. The van der Waals surface area contributed by atoms with Crippen molar-refractivity contribution in [3.63, 3.8) is 0 Å². The van der Waals surface area contributed by atoms with Gasteiger partial charge in [-0.2, -0.15) is 0 Å². The van der Waals surface area contributed by atoms with E-state index >= 15 is 0 Å². The Hall–Kier alpha value is -2.60. The van der Waals surface area contributed by atoms with Crippen LogP contribution in [0.2, 0.25) is 0 Å². The van der Waals surface area contributed by atoms with Gasteiger partial charge in [-0.25, -0.2) is 4.98 Å². The van der Waals surface area contributed by atoms with Crippen LogP contribution in [0.1, 0.15) is 12.8 Å². The van der Waals surface area contributed by atoms with Gasteiger partial charge in [-0.1, -0.05) is 35.6 Å². The van der Waals surface area contributed by atoms with Gasteiger partial charge in [0.15, 0.2) is 16.6 Å². The number of fused-ring (bicyclic) bond motifs is 1. The summed E-state index contributed by atoms with van der Waals surface area (Å²) < 4.78 is 11.9. The molecule has 1 aromatic heterocycles. The van der Waals surface area contributed by atoms with Crippen LogP contribution in [0, 0.1) is 0 Å². The fourth-order valence-corrected chi connectivity index (χ4v) is 3.14. The molecule has 5 nitrogen and oxygen atoms in total. The molecule has 1 N–H and O–H groups in total. The van der Waals surface area contributed by atoms with Crippen molar-refractivity contribution in [3.8, 4) is 11.5 Å². The van der Waals surface area contributed by atoms with Crippen LogP contribution in [-0.4, -0.2) is 24.6 Å². The molecule has 3 aromatic rings. The number of aromatic nitrogens is 1. The molecule has 0 bridgehead atoms. The number of amides is 1. The Morgan fingerprint density at radius 2 is 1.88 bits per heavy atom. The van der Waals surface area contributed by atoms with Gasteiger partial charge in [-0.05, 0) is 30.7 Å². The maximum absolute atomic E-state index is 12.0. The van der Waals surface area contributed by atoms with Crippen molar-refractivity contribution in [1.82, 2.24) is 4.98 Å². The highest BCUT2D eigenvalue weighted by Crippen LogP contribution is 2.26. The van der Waals surface area contributed by atoms with Gasteiger partial charge >= 0.3 is 0 Å². The van der Waals surface area contributed by atoms with Crippen molar-refractivity contribution in [2.75, 3.05) is 19.0 Å². The van der Waals surface area contributed by atoms with Gasteiger partial charge in [0.25, 0.3) is 0 Å². The second-order valence-electron chi connectivity index (χ2n) is 5.14. The van der Waals surface area contributed by atoms with Gasteiger partial charge in [0.05, 0.1) is 23.9 Å². The molecule has 24 heavy (non-hydrogen) atoms. The maximum atomic E-state index is 12.0. The first-order chi connectivity index (χ1) is 11.8. The molecule has 0 aliphatic carbocycles. The monoisotopic (exact) mass is 342 g/mol. The standard InChI is InChI=1S/C18H18N2O3S/c1-22-14-8-3-4-9-15(14)23-12-6-11-17(21)20-18-19-13-7-2-5-10-16(13)24-18/h2-5,7-10H,6,11-12H2,1H3,(H,19,20,21). The fourth-order valence-electron chi connectivity index (χ4n) is 2.26. The van der Waals surface area contributed by atoms with E-state index in [1.165, 1.54) is 11.3 Å². The number of benzene rings is 2. The van der Waals surface area contributed by atoms with Crippen molar-refractivity contribution in [2.45, 2.75) is 12.8 Å². The lowest BCUT2D eigenvalue weighted by molar-refractivity contribution is -0.116. The number of hydrogen-bond acceptors (Lipinski definition) is 5. The number of carbonyl (C=O) groups excluding carboxylic acids is 1. The molecule has 1 heterocycles. The highest BCUT2D eigenvalue weighted by molar-refractivity contribution is 7.22. The first kappa shape index (κ1) is 16.3. The number of thiazole rings is 1. The molecule has 0 fully saturated rings. The Labute approximate surface area is 144 Å². The van der Waals surface area contributed by atoms with Crippen molar-refractivity contribution in [1.29, 1.82) is 0 Å². The zero-order valence-corrected chi connectivity index (χ0v) is 14.1. The van der Waals surface area contributed by atoms with E-state index in [0.717, 1.165) is 10.2 Å². The van der Waals surface area contributed by atoms with E-state index < -0.39 is 0 Å². The number of anilines is 1. The molecular weight excluding hydrogens is 324 g/mol. The second kappa shape index (κ2) is 7.79. The summed E-state index contributed by atoms with van der Waals surface area (Å²) in [5, 5.41) is 3.47. The van der Waals surface area contributed by atoms with Gasteiger partial charge in [-0.3, -0.25) is 4.79 Å². The lowest BCUT2D eigenvalue weighted by Gasteiger charge is -2.09. The van der Waals surface area contributed by atoms with Gasteiger partial charge in [0, 0.05) is 6.42 Å². The summed E-state index contributed by atoms with van der Waals surface area (Å²) in [5.74, 6) is 1.32. The Bertz CT molecular complexity index is 799. The average molecular weight is 342 g/mol. The third-order valence-electron chi connectivity index (χ3n) is 3.42. The summed E-state index contributed by atoms with van der Waals surface area (Å²) in [6.07, 6.45) is 1.000. The zero-order valence-electron chi connectivity index (χ0n) is 13.3. The topological polar surface area (TPSA) is 60.5 Å². The summed E-state index contributed by atoms with van der Waals surface area (Å²) in [5.41, 5.74) is 0.900. The Kier molecular flexibility index (Phi) is 5.28. The third-order valence-corrected chi connectivity index (χ3v) is 4.37. The first-order valence-electron chi connectivity index (χ1n) is 7.67. The first-order valence-corrected chi connectivity index (χ1v) is 8.49. The number of hydrogen-bond donors (Lipinski definition) is 1. The highest BCUT2D eigenvalue weighted by Gasteiger charge is 2.08. The zero-order chi connectivity index (χ0) is 16.8. The molecule has 1 amide bonds. The number of methoxy groups -OCH3 is 1. The molecule has 0 aliphatic heterocycles. The molecule has 0 spiro atoms. The molecule has 0 atom stereocenters. The maximum Gasteiger partial charge on any atom is 0.226 e. The number of para-hydroxylation sites is 3. The Morgan fingerprint density at radius 3 is 2.67 bits per heavy atom. The Balaban J connectivity index is 1.45. The van der Waals surface area contributed by atoms with Crippen molar-refractivity contribution in [3.05, 3.63) is 48.5 Å². The average Bonchev–Trinajstić information content (AvgIpc) is 3.01. The van der Waals surface area contributed by atoms with Crippen LogP contribution >= 0.6 is 11.3 Å². The van der Waals surface area contributed by atoms with Gasteiger partial charge in [-0.15, -0.1) is 0 Å². The van der Waals surface area contributed by atoms with E-state index in [1.54, 1.807) is 7.11 Å². The van der Waals surface area contributed by atoms with Crippen LogP contribution in [0.3, 0.4) is 0 Å². The van der Waals surface area contributed by atoms with E-state index in [4.69, 9.17) is 9.47 Å². The Morgan fingerprint density at radius 1 is 1.12 bits per heavy atom. The normalized spacial score (nSPS) is 10.5. The van der Waals surface area contributed by atoms with Gasteiger partial charge in [0.1, 0.15) is 0 Å². The van der Waals surface area contributed by atoms with E-state index in [1.807, 2.05) is 48.5 Å². The van der Waals surface area contributed by atoms with E-state index in [0.29, 0.717) is 36.1 Å². The molecule has 0 unspecified atom stereocenters. The fraction of sp³-hybridized carbons (Fsp3) is 0.222. The SMILES string of the molecule is COc1ccccc1OCCCC(=O)Nc1nc2ccccc2s1. The third kappa shape index (κ3) is 4.02. The predicted octanol–water partition coefficient (Wildman–Crippen LogP) is 4.10. The molecule has 0 aliphatic rings. The second-order valence-corrected chi connectivity index (χ2v) is 6.17. The predicted molar refractivity (Wildman–Crippen MR) is 96.0 cm³/mol. The number of nitrogens with zero attached hydrogens (tertiary/aromatic N) is 1. The van der Waals surface area contributed by atoms with Crippen LogP contribution in [0.25, 0.3) is 10.2 Å². The van der Waals surface area contributed by atoms with E-state index in [2.05, 4.69) is 10.3 Å². The lowest BCUT2D eigenvalue weighted by atomic mass is 10.3. The molecular formula is C18H18N2O3S. The van der Waals surface area contributed by atoms with E-state index in [-0.39, 0.29) is 5.91 Å². The quantitative estimate of drug-likeness (QED) is 0.657. The minimum absolute atomic E-state index is 0.0577. The molecule has 3 rings (SSSR count).